The van der Waals surface area contributed by atoms with E-state index in [0.29, 0.717) is 5.92 Å². The fourth-order valence-corrected chi connectivity index (χ4v) is 2.79. The molecule has 0 aliphatic heterocycles. The SMILES string of the molecule is CC(C)CNc1nc(-c2cccc3[nH]ccc23)cn2ccnc12. The fourth-order valence-electron chi connectivity index (χ4n) is 2.79. The van der Waals surface area contributed by atoms with Gasteiger partial charge in [0.1, 0.15) is 0 Å². The number of benzene rings is 1. The van der Waals surface area contributed by atoms with E-state index in [0.717, 1.165) is 34.8 Å². The van der Waals surface area contributed by atoms with Crippen LogP contribution in [-0.4, -0.2) is 25.9 Å². The average molecular weight is 305 g/mol. The molecule has 0 unspecified atom stereocenters. The van der Waals surface area contributed by atoms with Gasteiger partial charge in [0, 0.05) is 47.8 Å². The van der Waals surface area contributed by atoms with Crippen LogP contribution in [0.5, 0.6) is 0 Å². The first kappa shape index (κ1) is 13.8. The molecule has 0 radical (unpaired) electrons. The molecule has 3 heterocycles. The summed E-state index contributed by atoms with van der Waals surface area (Å²) in [6.07, 6.45) is 7.75. The van der Waals surface area contributed by atoms with Gasteiger partial charge in [-0.2, -0.15) is 0 Å². The van der Waals surface area contributed by atoms with Gasteiger partial charge in [-0.05, 0) is 18.1 Å². The molecule has 3 aromatic heterocycles. The second-order valence-corrected chi connectivity index (χ2v) is 6.15. The number of nitrogens with zero attached hydrogens (tertiary/aromatic N) is 3. The smallest absolute Gasteiger partial charge is 0.180 e. The molecule has 5 heteroatoms. The van der Waals surface area contributed by atoms with Crippen LogP contribution >= 0.6 is 0 Å². The van der Waals surface area contributed by atoms with Crippen LogP contribution in [0.4, 0.5) is 5.82 Å². The van der Waals surface area contributed by atoms with E-state index in [2.05, 4.69) is 53.4 Å². The van der Waals surface area contributed by atoms with E-state index in [9.17, 15) is 0 Å². The van der Waals surface area contributed by atoms with Crippen LogP contribution in [0.2, 0.25) is 0 Å². The third-order valence-corrected chi connectivity index (χ3v) is 3.92. The van der Waals surface area contributed by atoms with Crippen molar-refractivity contribution in [1.29, 1.82) is 0 Å². The molecule has 116 valence electrons. The number of imidazole rings is 1. The molecule has 0 saturated carbocycles. The van der Waals surface area contributed by atoms with E-state index in [4.69, 9.17) is 4.98 Å². The Kier molecular flexibility index (Phi) is 3.26. The Labute approximate surface area is 134 Å². The van der Waals surface area contributed by atoms with Gasteiger partial charge in [0.25, 0.3) is 0 Å². The molecule has 4 rings (SSSR count). The number of hydrogen-bond acceptors (Lipinski definition) is 3. The summed E-state index contributed by atoms with van der Waals surface area (Å²) >= 11 is 0. The Bertz CT molecular complexity index is 964. The Morgan fingerprint density at radius 2 is 2.17 bits per heavy atom. The average Bonchev–Trinajstić information content (AvgIpc) is 3.20. The molecule has 0 amide bonds. The van der Waals surface area contributed by atoms with E-state index >= 15 is 0 Å². The first-order chi connectivity index (χ1) is 11.2. The van der Waals surface area contributed by atoms with Gasteiger partial charge in [-0.15, -0.1) is 0 Å². The van der Waals surface area contributed by atoms with Crippen LogP contribution in [0.25, 0.3) is 27.8 Å². The normalized spacial score (nSPS) is 11.6. The fraction of sp³-hybridized carbons (Fsp3) is 0.222. The van der Waals surface area contributed by atoms with Gasteiger partial charge in [0.05, 0.1) is 5.69 Å². The van der Waals surface area contributed by atoms with Crippen molar-refractivity contribution in [2.75, 3.05) is 11.9 Å². The molecule has 0 fully saturated rings. The van der Waals surface area contributed by atoms with E-state index in [1.165, 1.54) is 5.39 Å². The molecule has 0 saturated heterocycles. The van der Waals surface area contributed by atoms with E-state index in [-0.39, 0.29) is 0 Å². The van der Waals surface area contributed by atoms with Crippen molar-refractivity contribution in [2.24, 2.45) is 5.92 Å². The van der Waals surface area contributed by atoms with Crippen molar-refractivity contribution in [1.82, 2.24) is 19.4 Å². The van der Waals surface area contributed by atoms with Gasteiger partial charge in [-0.3, -0.25) is 0 Å². The quantitative estimate of drug-likeness (QED) is 0.600. The zero-order valence-electron chi connectivity index (χ0n) is 13.2. The summed E-state index contributed by atoms with van der Waals surface area (Å²) in [5, 5.41) is 4.60. The molecule has 1 aromatic carbocycles. The van der Waals surface area contributed by atoms with Crippen LogP contribution in [0.15, 0.2) is 49.1 Å². The lowest BCUT2D eigenvalue weighted by molar-refractivity contribution is 0.687. The third-order valence-electron chi connectivity index (χ3n) is 3.92. The summed E-state index contributed by atoms with van der Waals surface area (Å²) in [6, 6.07) is 8.32. The third kappa shape index (κ3) is 2.44. The molecular formula is C18H19N5. The molecule has 0 aliphatic rings. The van der Waals surface area contributed by atoms with Crippen LogP contribution in [0.1, 0.15) is 13.8 Å². The molecule has 2 N–H and O–H groups in total. The first-order valence-electron chi connectivity index (χ1n) is 7.86. The van der Waals surface area contributed by atoms with Crippen molar-refractivity contribution in [3.8, 4) is 11.3 Å². The van der Waals surface area contributed by atoms with E-state index < -0.39 is 0 Å². The zero-order chi connectivity index (χ0) is 15.8. The predicted molar refractivity (Wildman–Crippen MR) is 93.6 cm³/mol. The minimum absolute atomic E-state index is 0.545. The monoisotopic (exact) mass is 305 g/mol. The Morgan fingerprint density at radius 1 is 1.26 bits per heavy atom. The van der Waals surface area contributed by atoms with Crippen molar-refractivity contribution in [3.63, 3.8) is 0 Å². The Morgan fingerprint density at radius 3 is 3.04 bits per heavy atom. The van der Waals surface area contributed by atoms with Gasteiger partial charge in [-0.25, -0.2) is 9.97 Å². The second-order valence-electron chi connectivity index (χ2n) is 6.15. The summed E-state index contributed by atoms with van der Waals surface area (Å²) in [6.45, 7) is 5.23. The summed E-state index contributed by atoms with van der Waals surface area (Å²) in [5.74, 6) is 1.37. The van der Waals surface area contributed by atoms with Crippen LogP contribution in [0, 0.1) is 5.92 Å². The number of aromatic nitrogens is 4. The van der Waals surface area contributed by atoms with Gasteiger partial charge in [0.2, 0.25) is 0 Å². The maximum atomic E-state index is 4.84. The molecule has 0 aliphatic carbocycles. The van der Waals surface area contributed by atoms with Crippen molar-refractivity contribution >= 4 is 22.4 Å². The summed E-state index contributed by atoms with van der Waals surface area (Å²) in [7, 11) is 0. The maximum absolute atomic E-state index is 4.84. The minimum Gasteiger partial charge on any atom is -0.367 e. The Balaban J connectivity index is 1.88. The highest BCUT2D eigenvalue weighted by molar-refractivity contribution is 5.94. The lowest BCUT2D eigenvalue weighted by Gasteiger charge is -2.12. The summed E-state index contributed by atoms with van der Waals surface area (Å²) in [5.41, 5.74) is 4.03. The standard InChI is InChI=1S/C18H19N5/c1-12(2)10-21-17-18-20-8-9-23(18)11-16(22-17)13-4-3-5-15-14(13)6-7-19-15/h3-9,11-12,19H,10H2,1-2H3,(H,21,22). The topological polar surface area (TPSA) is 58.0 Å². The lowest BCUT2D eigenvalue weighted by atomic mass is 10.1. The van der Waals surface area contributed by atoms with E-state index in [1.54, 1.807) is 6.20 Å². The molecular weight excluding hydrogens is 286 g/mol. The largest absolute Gasteiger partial charge is 0.367 e. The second kappa shape index (κ2) is 5.43. The van der Waals surface area contributed by atoms with Crippen molar-refractivity contribution in [3.05, 3.63) is 49.1 Å². The van der Waals surface area contributed by atoms with E-state index in [1.807, 2.05) is 23.0 Å². The van der Waals surface area contributed by atoms with Crippen LogP contribution in [-0.2, 0) is 0 Å². The van der Waals surface area contributed by atoms with Crippen molar-refractivity contribution < 1.29 is 0 Å². The predicted octanol–water partition coefficient (Wildman–Crippen LogP) is 3.95. The Hall–Kier alpha value is -2.82. The molecule has 0 atom stereocenters. The number of anilines is 1. The molecule has 23 heavy (non-hydrogen) atoms. The molecule has 0 spiro atoms. The van der Waals surface area contributed by atoms with Crippen LogP contribution < -0.4 is 5.32 Å². The number of nitrogens with one attached hydrogen (secondary N) is 2. The first-order valence-corrected chi connectivity index (χ1v) is 7.86. The van der Waals surface area contributed by atoms with Gasteiger partial charge in [0.15, 0.2) is 11.5 Å². The maximum Gasteiger partial charge on any atom is 0.180 e. The van der Waals surface area contributed by atoms with Crippen molar-refractivity contribution in [2.45, 2.75) is 13.8 Å². The van der Waals surface area contributed by atoms with Gasteiger partial charge < -0.3 is 14.7 Å². The molecule has 4 aromatic rings. The highest BCUT2D eigenvalue weighted by atomic mass is 15.1. The highest BCUT2D eigenvalue weighted by Crippen LogP contribution is 2.28. The van der Waals surface area contributed by atoms with Crippen LogP contribution in [0.3, 0.4) is 0 Å². The van der Waals surface area contributed by atoms with Gasteiger partial charge in [-0.1, -0.05) is 26.0 Å². The molecule has 5 nitrogen and oxygen atoms in total. The summed E-state index contributed by atoms with van der Waals surface area (Å²) in [4.78, 5) is 12.5. The zero-order valence-corrected chi connectivity index (χ0v) is 13.2. The highest BCUT2D eigenvalue weighted by Gasteiger charge is 2.11. The molecule has 0 bridgehead atoms. The number of fused-ring (bicyclic) bond motifs is 2. The summed E-state index contributed by atoms with van der Waals surface area (Å²) < 4.78 is 2.02. The number of aromatic amines is 1. The minimum atomic E-state index is 0.545. The number of rotatable bonds is 4. The van der Waals surface area contributed by atoms with Gasteiger partial charge >= 0.3 is 0 Å². The number of H-pyrrole nitrogens is 1. The lowest BCUT2D eigenvalue weighted by Crippen LogP contribution is -2.11. The number of hydrogen-bond donors (Lipinski definition) is 2.